The lowest BCUT2D eigenvalue weighted by molar-refractivity contribution is 0.449. The fraction of sp³-hybridized carbons (Fsp3) is 0.167. The van der Waals surface area contributed by atoms with Crippen LogP contribution in [0, 0.1) is 23.3 Å². The van der Waals surface area contributed by atoms with E-state index in [1.165, 1.54) is 0 Å². The van der Waals surface area contributed by atoms with Crippen molar-refractivity contribution in [1.29, 1.82) is 0 Å². The predicted molar refractivity (Wildman–Crippen MR) is 65.8 cm³/mol. The first kappa shape index (κ1) is 14.0. The zero-order valence-electron chi connectivity index (χ0n) is 10.3. The Hall–Kier alpha value is -2.38. The van der Waals surface area contributed by atoms with Gasteiger partial charge in [-0.25, -0.2) is 22.5 Å². The minimum atomic E-state index is -1.64. The van der Waals surface area contributed by atoms with Crippen molar-refractivity contribution in [2.24, 2.45) is 0 Å². The van der Waals surface area contributed by atoms with Crippen molar-refractivity contribution in [3.8, 4) is 0 Å². The molecule has 2 aromatic rings. The molecule has 1 aromatic carbocycles. The number of halogens is 4. The second-order valence-electron chi connectivity index (χ2n) is 3.77. The van der Waals surface area contributed by atoms with E-state index in [2.05, 4.69) is 20.6 Å². The highest BCUT2D eigenvalue weighted by Crippen LogP contribution is 2.24. The lowest BCUT2D eigenvalue weighted by atomic mass is 10.3. The maximum Gasteiger partial charge on any atom is 0.224 e. The smallest absolute Gasteiger partial charge is 0.224 e. The molecule has 1 aromatic heterocycles. The molecule has 4 nitrogen and oxygen atoms in total. The molecule has 106 valence electrons. The number of nitrogens with zero attached hydrogens (tertiary/aromatic N) is 2. The van der Waals surface area contributed by atoms with E-state index in [4.69, 9.17) is 0 Å². The van der Waals surface area contributed by atoms with Crippen molar-refractivity contribution < 1.29 is 17.6 Å². The number of hydrogen-bond donors (Lipinski definition) is 2. The highest BCUT2D eigenvalue weighted by molar-refractivity contribution is 5.58. The molecule has 0 saturated carbocycles. The van der Waals surface area contributed by atoms with Gasteiger partial charge in [-0.2, -0.15) is 4.98 Å². The van der Waals surface area contributed by atoms with Crippen LogP contribution in [-0.4, -0.2) is 16.5 Å². The van der Waals surface area contributed by atoms with Crippen molar-refractivity contribution in [3.63, 3.8) is 0 Å². The van der Waals surface area contributed by atoms with E-state index in [0.717, 1.165) is 18.3 Å². The normalized spacial score (nSPS) is 10.4. The summed E-state index contributed by atoms with van der Waals surface area (Å²) in [6.45, 7) is 2.29. The molecule has 0 aliphatic carbocycles. The van der Waals surface area contributed by atoms with Crippen LogP contribution in [-0.2, 0) is 0 Å². The van der Waals surface area contributed by atoms with Crippen molar-refractivity contribution in [3.05, 3.63) is 41.6 Å². The Morgan fingerprint density at radius 3 is 2.50 bits per heavy atom. The van der Waals surface area contributed by atoms with Gasteiger partial charge in [-0.3, -0.25) is 0 Å². The number of hydrogen-bond acceptors (Lipinski definition) is 4. The highest BCUT2D eigenvalue weighted by atomic mass is 19.2. The fourth-order valence-electron chi connectivity index (χ4n) is 1.45. The SMILES string of the molecule is CCNc1ncc(F)c(Nc2ccc(F)c(F)c2F)n1. The van der Waals surface area contributed by atoms with Crippen LogP contribution in [0.5, 0.6) is 0 Å². The molecule has 0 unspecified atom stereocenters. The monoisotopic (exact) mass is 286 g/mol. The van der Waals surface area contributed by atoms with Gasteiger partial charge in [-0.1, -0.05) is 0 Å². The Morgan fingerprint density at radius 2 is 1.80 bits per heavy atom. The minimum absolute atomic E-state index is 0.124. The molecular formula is C12H10F4N4. The molecule has 20 heavy (non-hydrogen) atoms. The van der Waals surface area contributed by atoms with E-state index in [0.29, 0.717) is 6.54 Å². The quantitative estimate of drug-likeness (QED) is 0.669. The summed E-state index contributed by atoms with van der Waals surface area (Å²) >= 11 is 0. The van der Waals surface area contributed by atoms with Crippen LogP contribution in [0.2, 0.25) is 0 Å². The molecule has 8 heteroatoms. The standard InChI is InChI=1S/C12H10F4N4/c1-2-17-12-18-5-7(14)11(20-12)19-8-4-3-6(13)9(15)10(8)16/h3-5H,2H2,1H3,(H2,17,18,19,20). The molecular weight excluding hydrogens is 276 g/mol. The summed E-state index contributed by atoms with van der Waals surface area (Å²) in [6.07, 6.45) is 0.880. The van der Waals surface area contributed by atoms with Crippen molar-refractivity contribution in [2.45, 2.75) is 6.92 Å². The third-order valence-electron chi connectivity index (χ3n) is 2.37. The van der Waals surface area contributed by atoms with Gasteiger partial charge in [-0.05, 0) is 19.1 Å². The molecule has 0 fully saturated rings. The van der Waals surface area contributed by atoms with Gasteiger partial charge in [0.1, 0.15) is 0 Å². The van der Waals surface area contributed by atoms with E-state index < -0.39 is 29.0 Å². The summed E-state index contributed by atoms with van der Waals surface area (Å²) in [6, 6.07) is 1.67. The first-order chi connectivity index (χ1) is 9.52. The molecule has 0 bridgehead atoms. The van der Waals surface area contributed by atoms with Gasteiger partial charge in [0.15, 0.2) is 29.1 Å². The van der Waals surface area contributed by atoms with Gasteiger partial charge in [0.05, 0.1) is 11.9 Å². The lowest BCUT2D eigenvalue weighted by Crippen LogP contribution is -2.07. The molecule has 2 rings (SSSR count). The molecule has 2 N–H and O–H groups in total. The summed E-state index contributed by atoms with van der Waals surface area (Å²) in [7, 11) is 0. The van der Waals surface area contributed by atoms with Crippen LogP contribution in [0.15, 0.2) is 18.3 Å². The van der Waals surface area contributed by atoms with E-state index in [1.54, 1.807) is 6.92 Å². The summed E-state index contributed by atoms with van der Waals surface area (Å²) in [5.74, 6) is -5.50. The van der Waals surface area contributed by atoms with E-state index >= 15 is 0 Å². The van der Waals surface area contributed by atoms with E-state index in [1.807, 2.05) is 0 Å². The van der Waals surface area contributed by atoms with E-state index in [-0.39, 0.29) is 11.8 Å². The Morgan fingerprint density at radius 1 is 1.05 bits per heavy atom. The average Bonchev–Trinajstić information content (AvgIpc) is 2.43. The van der Waals surface area contributed by atoms with Gasteiger partial charge >= 0.3 is 0 Å². The van der Waals surface area contributed by atoms with Crippen LogP contribution in [0.3, 0.4) is 0 Å². The maximum atomic E-state index is 13.5. The lowest BCUT2D eigenvalue weighted by Gasteiger charge is -2.09. The van der Waals surface area contributed by atoms with Crippen LogP contribution in [0.4, 0.5) is 35.0 Å². The number of anilines is 3. The minimum Gasteiger partial charge on any atom is -0.354 e. The molecule has 0 aliphatic rings. The fourth-order valence-corrected chi connectivity index (χ4v) is 1.45. The van der Waals surface area contributed by atoms with Crippen LogP contribution < -0.4 is 10.6 Å². The number of nitrogens with one attached hydrogen (secondary N) is 2. The zero-order chi connectivity index (χ0) is 14.7. The van der Waals surface area contributed by atoms with Crippen LogP contribution >= 0.6 is 0 Å². The highest BCUT2D eigenvalue weighted by Gasteiger charge is 2.15. The molecule has 0 spiro atoms. The number of benzene rings is 1. The number of aromatic nitrogens is 2. The van der Waals surface area contributed by atoms with Gasteiger partial charge in [0, 0.05) is 6.54 Å². The largest absolute Gasteiger partial charge is 0.354 e. The second-order valence-corrected chi connectivity index (χ2v) is 3.77. The summed E-state index contributed by atoms with van der Waals surface area (Å²) in [4.78, 5) is 7.42. The zero-order valence-corrected chi connectivity index (χ0v) is 10.3. The van der Waals surface area contributed by atoms with Crippen LogP contribution in [0.25, 0.3) is 0 Å². The van der Waals surface area contributed by atoms with Crippen molar-refractivity contribution in [1.82, 2.24) is 9.97 Å². The molecule has 1 heterocycles. The van der Waals surface area contributed by atoms with Crippen LogP contribution in [0.1, 0.15) is 6.92 Å². The van der Waals surface area contributed by atoms with Crippen molar-refractivity contribution >= 4 is 17.5 Å². The van der Waals surface area contributed by atoms with E-state index in [9.17, 15) is 17.6 Å². The second kappa shape index (κ2) is 5.72. The Labute approximate surface area is 111 Å². The topological polar surface area (TPSA) is 49.8 Å². The molecule has 0 atom stereocenters. The van der Waals surface area contributed by atoms with Gasteiger partial charge in [0.2, 0.25) is 5.95 Å². The summed E-state index contributed by atoms with van der Waals surface area (Å²) in [5.41, 5.74) is -0.427. The van der Waals surface area contributed by atoms with Gasteiger partial charge < -0.3 is 10.6 Å². The molecule has 0 saturated heterocycles. The maximum absolute atomic E-state index is 13.5. The molecule has 0 amide bonds. The summed E-state index contributed by atoms with van der Waals surface area (Å²) < 4.78 is 52.8. The Kier molecular flexibility index (Phi) is 4.02. The summed E-state index contributed by atoms with van der Waals surface area (Å²) in [5, 5.41) is 5.00. The molecule has 0 radical (unpaired) electrons. The Balaban J connectivity index is 2.34. The first-order valence-corrected chi connectivity index (χ1v) is 5.69. The van der Waals surface area contributed by atoms with Crippen molar-refractivity contribution in [2.75, 3.05) is 17.2 Å². The average molecular weight is 286 g/mol. The first-order valence-electron chi connectivity index (χ1n) is 5.69. The Bertz CT molecular complexity index is 633. The van der Waals surface area contributed by atoms with Gasteiger partial charge in [0.25, 0.3) is 0 Å². The third-order valence-corrected chi connectivity index (χ3v) is 2.37. The molecule has 0 aliphatic heterocycles. The van der Waals surface area contributed by atoms with Gasteiger partial charge in [-0.15, -0.1) is 0 Å². The third kappa shape index (κ3) is 2.79. The number of rotatable bonds is 4. The predicted octanol–water partition coefficient (Wildman–Crippen LogP) is 3.21.